The Hall–Kier alpha value is -1.73. The number of ether oxygens (including phenoxy) is 1. The molecule has 0 bridgehead atoms. The highest BCUT2D eigenvalue weighted by Crippen LogP contribution is 2.23. The van der Waals surface area contributed by atoms with Crippen LogP contribution in [0.25, 0.3) is 0 Å². The summed E-state index contributed by atoms with van der Waals surface area (Å²) in [5, 5.41) is 0. The van der Waals surface area contributed by atoms with Crippen LogP contribution in [0.3, 0.4) is 0 Å². The Morgan fingerprint density at radius 3 is 2.42 bits per heavy atom. The van der Waals surface area contributed by atoms with Gasteiger partial charge >= 0.3 is 0 Å². The fourth-order valence-electron chi connectivity index (χ4n) is 2.52. The molecule has 0 heterocycles. The first kappa shape index (κ1) is 20.6. The molecule has 6 heteroatoms. The van der Waals surface area contributed by atoms with Gasteiger partial charge in [0.25, 0.3) is 0 Å². The molecule has 5 nitrogen and oxygen atoms in total. The van der Waals surface area contributed by atoms with Crippen LogP contribution in [0.2, 0.25) is 0 Å². The maximum atomic E-state index is 12.2. The van der Waals surface area contributed by atoms with Gasteiger partial charge in [0.2, 0.25) is 10.0 Å². The Balaban J connectivity index is 1.82. The molecule has 2 aromatic rings. The molecule has 0 atom stereocenters. The Morgan fingerprint density at radius 2 is 1.73 bits per heavy atom. The summed E-state index contributed by atoms with van der Waals surface area (Å²) in [6.45, 7) is 5.38. The molecule has 3 N–H and O–H groups in total. The average Bonchev–Trinajstić information content (AvgIpc) is 2.65. The van der Waals surface area contributed by atoms with E-state index in [1.165, 1.54) is 0 Å². The minimum Gasteiger partial charge on any atom is -0.376 e. The summed E-state index contributed by atoms with van der Waals surface area (Å²) < 4.78 is 32.6. The molecule has 0 amide bonds. The van der Waals surface area contributed by atoms with Crippen LogP contribution in [-0.2, 0) is 33.3 Å². The van der Waals surface area contributed by atoms with Crippen molar-refractivity contribution in [2.24, 2.45) is 5.73 Å². The van der Waals surface area contributed by atoms with Gasteiger partial charge in [0.15, 0.2) is 0 Å². The monoisotopic (exact) mass is 376 g/mol. The number of hydrogen-bond donors (Lipinski definition) is 2. The van der Waals surface area contributed by atoms with E-state index < -0.39 is 10.0 Å². The van der Waals surface area contributed by atoms with E-state index in [9.17, 15) is 8.42 Å². The molecule has 0 fully saturated rings. The highest BCUT2D eigenvalue weighted by atomic mass is 32.2. The zero-order valence-electron chi connectivity index (χ0n) is 15.4. The molecule has 0 saturated heterocycles. The third-order valence-corrected chi connectivity index (χ3v) is 5.57. The summed E-state index contributed by atoms with van der Waals surface area (Å²) in [5.74, 6) is -0.0568. The Labute approximate surface area is 156 Å². The number of rotatable bonds is 10. The maximum Gasteiger partial charge on any atom is 0.213 e. The predicted octanol–water partition coefficient (Wildman–Crippen LogP) is 2.56. The molecular formula is C20H28N2O3S. The molecule has 2 aromatic carbocycles. The fraction of sp³-hybridized carbons (Fsp3) is 0.400. The largest absolute Gasteiger partial charge is 0.376 e. The molecule has 0 saturated carbocycles. The van der Waals surface area contributed by atoms with Crippen molar-refractivity contribution in [1.82, 2.24) is 4.72 Å². The number of benzene rings is 2. The van der Waals surface area contributed by atoms with Gasteiger partial charge in [0.1, 0.15) is 0 Å². The second kappa shape index (κ2) is 9.28. The van der Waals surface area contributed by atoms with E-state index in [1.807, 2.05) is 68.4 Å². The van der Waals surface area contributed by atoms with Crippen molar-refractivity contribution < 1.29 is 13.2 Å². The lowest BCUT2D eigenvalue weighted by molar-refractivity contribution is 0.135. The topological polar surface area (TPSA) is 81.4 Å². The minimum atomic E-state index is -3.39. The molecule has 0 aromatic heterocycles. The molecule has 0 spiro atoms. The molecule has 0 radical (unpaired) electrons. The van der Waals surface area contributed by atoms with E-state index in [0.29, 0.717) is 19.7 Å². The second-order valence-corrected chi connectivity index (χ2v) is 8.89. The van der Waals surface area contributed by atoms with Gasteiger partial charge in [-0.3, -0.25) is 0 Å². The van der Waals surface area contributed by atoms with Gasteiger partial charge in [0, 0.05) is 18.5 Å². The van der Waals surface area contributed by atoms with Gasteiger partial charge in [-0.2, -0.15) is 0 Å². The zero-order valence-corrected chi connectivity index (χ0v) is 16.3. The lowest BCUT2D eigenvalue weighted by Gasteiger charge is -2.26. The fourth-order valence-corrected chi connectivity index (χ4v) is 3.58. The highest BCUT2D eigenvalue weighted by Gasteiger charge is 2.23. The molecular weight excluding hydrogens is 348 g/mol. The van der Waals surface area contributed by atoms with Gasteiger partial charge < -0.3 is 10.5 Å². The number of sulfonamides is 1. The normalized spacial score (nSPS) is 12.3. The third kappa shape index (κ3) is 6.53. The van der Waals surface area contributed by atoms with Crippen LogP contribution in [0.4, 0.5) is 0 Å². The highest BCUT2D eigenvalue weighted by molar-refractivity contribution is 7.89. The quantitative estimate of drug-likeness (QED) is 0.625. The van der Waals surface area contributed by atoms with Crippen molar-refractivity contribution in [1.29, 1.82) is 0 Å². The van der Waals surface area contributed by atoms with E-state index in [0.717, 1.165) is 16.7 Å². The molecule has 0 aliphatic rings. The summed E-state index contributed by atoms with van der Waals surface area (Å²) in [4.78, 5) is 0. The van der Waals surface area contributed by atoms with Crippen LogP contribution in [0.15, 0.2) is 54.6 Å². The van der Waals surface area contributed by atoms with Crippen molar-refractivity contribution in [2.45, 2.75) is 32.4 Å². The van der Waals surface area contributed by atoms with Crippen molar-refractivity contribution in [3.05, 3.63) is 71.3 Å². The standard InChI is InChI=1S/C20H28N2O3S/c1-20(2,19-10-6-9-18(13-19)14-21)16-22-26(23,24)12-11-25-15-17-7-4-3-5-8-17/h3-10,13,22H,11-12,14-16,21H2,1-2H3. The van der Waals surface area contributed by atoms with Crippen molar-refractivity contribution in [3.63, 3.8) is 0 Å². The molecule has 142 valence electrons. The SMILES string of the molecule is CC(C)(CNS(=O)(=O)CCOCc1ccccc1)c1cccc(CN)c1. The Bertz CT molecular complexity index is 790. The zero-order chi connectivity index (χ0) is 19.0. The smallest absolute Gasteiger partial charge is 0.213 e. The minimum absolute atomic E-state index is 0.0568. The van der Waals surface area contributed by atoms with Crippen molar-refractivity contribution >= 4 is 10.0 Å². The van der Waals surface area contributed by atoms with E-state index in [1.54, 1.807) is 0 Å². The predicted molar refractivity (Wildman–Crippen MR) is 105 cm³/mol. The second-order valence-electron chi connectivity index (χ2n) is 6.97. The number of nitrogens with one attached hydrogen (secondary N) is 1. The van der Waals surface area contributed by atoms with Crippen molar-refractivity contribution in [3.8, 4) is 0 Å². The lowest BCUT2D eigenvalue weighted by atomic mass is 9.84. The summed E-state index contributed by atoms with van der Waals surface area (Å²) in [6, 6.07) is 17.6. The molecule has 0 aliphatic carbocycles. The summed E-state index contributed by atoms with van der Waals surface area (Å²) in [7, 11) is -3.39. The number of hydrogen-bond acceptors (Lipinski definition) is 4. The molecule has 0 unspecified atom stereocenters. The van der Waals surface area contributed by atoms with E-state index in [4.69, 9.17) is 10.5 Å². The maximum absolute atomic E-state index is 12.2. The first-order valence-corrected chi connectivity index (χ1v) is 10.4. The van der Waals surface area contributed by atoms with E-state index in [2.05, 4.69) is 4.72 Å². The Morgan fingerprint density at radius 1 is 1.04 bits per heavy atom. The van der Waals surface area contributed by atoms with Crippen molar-refractivity contribution in [2.75, 3.05) is 18.9 Å². The van der Waals surface area contributed by atoms with Crippen LogP contribution < -0.4 is 10.5 Å². The van der Waals surface area contributed by atoms with Crippen LogP contribution >= 0.6 is 0 Å². The van der Waals surface area contributed by atoms with Gasteiger partial charge in [0.05, 0.1) is 19.0 Å². The van der Waals surface area contributed by atoms with Gasteiger partial charge in [-0.05, 0) is 16.7 Å². The van der Waals surface area contributed by atoms with Crippen LogP contribution in [0, 0.1) is 0 Å². The Kier molecular flexibility index (Phi) is 7.34. The van der Waals surface area contributed by atoms with E-state index >= 15 is 0 Å². The molecule has 0 aliphatic heterocycles. The number of nitrogens with two attached hydrogens (primary N) is 1. The van der Waals surface area contributed by atoms with Gasteiger partial charge in [-0.15, -0.1) is 0 Å². The van der Waals surface area contributed by atoms with Gasteiger partial charge in [-0.25, -0.2) is 13.1 Å². The lowest BCUT2D eigenvalue weighted by Crippen LogP contribution is -2.38. The van der Waals surface area contributed by atoms with E-state index in [-0.39, 0.29) is 17.8 Å². The van der Waals surface area contributed by atoms with Crippen LogP contribution in [-0.4, -0.2) is 27.3 Å². The van der Waals surface area contributed by atoms with Gasteiger partial charge in [-0.1, -0.05) is 68.4 Å². The third-order valence-electron chi connectivity index (χ3n) is 4.29. The molecule has 26 heavy (non-hydrogen) atoms. The summed E-state index contributed by atoms with van der Waals surface area (Å²) in [5.41, 5.74) is 8.48. The first-order chi connectivity index (χ1) is 12.3. The first-order valence-electron chi connectivity index (χ1n) is 8.71. The summed E-state index contributed by atoms with van der Waals surface area (Å²) >= 11 is 0. The summed E-state index contributed by atoms with van der Waals surface area (Å²) in [6.07, 6.45) is 0. The average molecular weight is 377 g/mol. The van der Waals surface area contributed by atoms with Crippen LogP contribution in [0.1, 0.15) is 30.5 Å². The van der Waals surface area contributed by atoms with Crippen LogP contribution in [0.5, 0.6) is 0 Å². The molecule has 2 rings (SSSR count).